The molecule has 7 heteroatoms. The zero-order chi connectivity index (χ0) is 24.2. The lowest BCUT2D eigenvalue weighted by Gasteiger charge is -2.37. The van der Waals surface area contributed by atoms with E-state index in [0.29, 0.717) is 5.56 Å². The normalized spacial score (nSPS) is 15.6. The van der Waals surface area contributed by atoms with Crippen molar-refractivity contribution in [1.82, 2.24) is 9.88 Å². The number of anilines is 2. The van der Waals surface area contributed by atoms with E-state index in [2.05, 4.69) is 58.2 Å². The molecular formula is C27H31N5O2. The van der Waals surface area contributed by atoms with Crippen LogP contribution in [0.25, 0.3) is 10.9 Å². The summed E-state index contributed by atoms with van der Waals surface area (Å²) in [6.07, 6.45) is 1.85. The number of hydrogen-bond acceptors (Lipinski definition) is 6. The van der Waals surface area contributed by atoms with Gasteiger partial charge in [0.15, 0.2) is 0 Å². The first-order chi connectivity index (χ1) is 16.5. The molecule has 0 atom stereocenters. The standard InChI is InChI=1S/C26H29N5O.CH2O/c1-17-12-19(15-27)5-6-23(17)31-10-8-30(9-11-31)16-20-13-18(2)24-22(14-20)29-26(32)21-4-3-7-28-25(21)24;1-2/h5-6,12-14,28H,3-4,7-11,16H2,1-2H3,(H,29,32);1H2. The van der Waals surface area contributed by atoms with Gasteiger partial charge in [0.2, 0.25) is 0 Å². The van der Waals surface area contributed by atoms with E-state index in [9.17, 15) is 4.79 Å². The minimum Gasteiger partial charge on any atom is -0.384 e. The number of benzene rings is 2. The maximum absolute atomic E-state index is 12.6. The Labute approximate surface area is 200 Å². The molecule has 7 nitrogen and oxygen atoms in total. The summed E-state index contributed by atoms with van der Waals surface area (Å²) >= 11 is 0. The van der Waals surface area contributed by atoms with Gasteiger partial charge >= 0.3 is 0 Å². The van der Waals surface area contributed by atoms with Crippen molar-refractivity contribution in [2.45, 2.75) is 33.2 Å². The first-order valence-corrected chi connectivity index (χ1v) is 11.7. The predicted octanol–water partition coefficient (Wildman–Crippen LogP) is 3.51. The molecule has 1 saturated heterocycles. The van der Waals surface area contributed by atoms with Gasteiger partial charge in [0, 0.05) is 55.9 Å². The molecule has 1 fully saturated rings. The first-order valence-electron chi connectivity index (χ1n) is 11.7. The summed E-state index contributed by atoms with van der Waals surface area (Å²) in [7, 11) is 0. The van der Waals surface area contributed by atoms with Crippen LogP contribution in [-0.2, 0) is 17.8 Å². The lowest BCUT2D eigenvalue weighted by molar-refractivity contribution is -0.0979. The van der Waals surface area contributed by atoms with Gasteiger partial charge in [-0.15, -0.1) is 0 Å². The average Bonchev–Trinajstić information content (AvgIpc) is 2.85. The monoisotopic (exact) mass is 457 g/mol. The van der Waals surface area contributed by atoms with Crippen LogP contribution in [0.5, 0.6) is 0 Å². The van der Waals surface area contributed by atoms with Gasteiger partial charge in [0.1, 0.15) is 6.79 Å². The van der Waals surface area contributed by atoms with Gasteiger partial charge in [-0.1, -0.05) is 6.07 Å². The highest BCUT2D eigenvalue weighted by molar-refractivity contribution is 5.96. The van der Waals surface area contributed by atoms with Crippen LogP contribution in [0.2, 0.25) is 0 Å². The van der Waals surface area contributed by atoms with Crippen molar-refractivity contribution in [1.29, 1.82) is 5.26 Å². The molecule has 3 aromatic rings. The fourth-order valence-electron chi connectivity index (χ4n) is 5.24. The Hall–Kier alpha value is -3.63. The number of fused-ring (bicyclic) bond motifs is 3. The average molecular weight is 458 g/mol. The predicted molar refractivity (Wildman–Crippen MR) is 137 cm³/mol. The minimum atomic E-state index is 0.0441. The van der Waals surface area contributed by atoms with Crippen LogP contribution >= 0.6 is 0 Å². The zero-order valence-corrected chi connectivity index (χ0v) is 19.9. The topological polar surface area (TPSA) is 92.2 Å². The van der Waals surface area contributed by atoms with Crippen LogP contribution in [0, 0.1) is 25.2 Å². The van der Waals surface area contributed by atoms with E-state index in [0.717, 1.165) is 79.8 Å². The van der Waals surface area contributed by atoms with Gasteiger partial charge in [-0.05, 0) is 67.6 Å². The molecule has 34 heavy (non-hydrogen) atoms. The summed E-state index contributed by atoms with van der Waals surface area (Å²) in [6.45, 7) is 11.9. The number of nitrogens with one attached hydrogen (secondary N) is 2. The van der Waals surface area contributed by atoms with Crippen molar-refractivity contribution in [3.63, 3.8) is 0 Å². The second-order valence-electron chi connectivity index (χ2n) is 9.05. The van der Waals surface area contributed by atoms with Crippen molar-refractivity contribution in [2.75, 3.05) is 42.9 Å². The van der Waals surface area contributed by atoms with Gasteiger partial charge in [-0.3, -0.25) is 9.69 Å². The molecule has 0 bridgehead atoms. The number of hydrogen-bond donors (Lipinski definition) is 2. The Morgan fingerprint density at radius 1 is 1.06 bits per heavy atom. The highest BCUT2D eigenvalue weighted by atomic mass is 16.1. The number of carbonyl (C=O) groups excluding carboxylic acids is 1. The van der Waals surface area contributed by atoms with Crippen molar-refractivity contribution < 1.29 is 4.79 Å². The lowest BCUT2D eigenvalue weighted by atomic mass is 9.97. The Balaban J connectivity index is 0.00000133. The molecule has 0 radical (unpaired) electrons. The first kappa shape index (κ1) is 23.5. The van der Waals surface area contributed by atoms with E-state index in [4.69, 9.17) is 10.1 Å². The molecule has 3 heterocycles. The number of piperazine rings is 1. The Morgan fingerprint density at radius 2 is 1.82 bits per heavy atom. The summed E-state index contributed by atoms with van der Waals surface area (Å²) in [5.74, 6) is 0. The molecule has 2 aromatic carbocycles. The number of nitrogens with zero attached hydrogens (tertiary/aromatic N) is 3. The molecule has 5 rings (SSSR count). The number of H-pyrrole nitrogens is 1. The van der Waals surface area contributed by atoms with Crippen LogP contribution < -0.4 is 15.8 Å². The van der Waals surface area contributed by atoms with E-state index in [-0.39, 0.29) is 5.56 Å². The maximum Gasteiger partial charge on any atom is 0.253 e. The fraction of sp³-hybridized carbons (Fsp3) is 0.370. The molecule has 0 saturated carbocycles. The van der Waals surface area contributed by atoms with Crippen molar-refractivity contribution >= 4 is 29.1 Å². The largest absolute Gasteiger partial charge is 0.384 e. The number of nitriles is 1. The molecule has 176 valence electrons. The van der Waals surface area contributed by atoms with Crippen molar-refractivity contribution in [3.05, 3.63) is 68.5 Å². The number of carbonyl (C=O) groups is 1. The number of aromatic nitrogens is 1. The third-order valence-electron chi connectivity index (χ3n) is 6.82. The van der Waals surface area contributed by atoms with Crippen molar-refractivity contribution in [2.24, 2.45) is 0 Å². The smallest absolute Gasteiger partial charge is 0.253 e. The van der Waals surface area contributed by atoms with Gasteiger partial charge in [0.25, 0.3) is 5.56 Å². The van der Waals surface area contributed by atoms with Crippen LogP contribution in [0.15, 0.2) is 35.1 Å². The summed E-state index contributed by atoms with van der Waals surface area (Å²) in [5.41, 5.74) is 8.46. The third-order valence-corrected chi connectivity index (χ3v) is 6.82. The SMILES string of the molecule is C=O.Cc1cc(C#N)ccc1N1CCN(Cc2cc(C)c3c4c(c(=O)[nH]c3c2)CCCN4)CC1. The maximum atomic E-state index is 12.6. The number of rotatable bonds is 3. The van der Waals surface area contributed by atoms with E-state index >= 15 is 0 Å². The van der Waals surface area contributed by atoms with E-state index in [1.807, 2.05) is 18.9 Å². The number of aromatic amines is 1. The highest BCUT2D eigenvalue weighted by Crippen LogP contribution is 2.31. The summed E-state index contributed by atoms with van der Waals surface area (Å²) in [5, 5.41) is 13.7. The lowest BCUT2D eigenvalue weighted by Crippen LogP contribution is -2.46. The van der Waals surface area contributed by atoms with E-state index < -0.39 is 0 Å². The molecule has 2 N–H and O–H groups in total. The van der Waals surface area contributed by atoms with Crippen molar-refractivity contribution in [3.8, 4) is 6.07 Å². The van der Waals surface area contributed by atoms with Gasteiger partial charge in [0.05, 0.1) is 22.8 Å². The van der Waals surface area contributed by atoms with E-state index in [1.54, 1.807) is 0 Å². The van der Waals surface area contributed by atoms with Gasteiger partial charge < -0.3 is 20.0 Å². The number of aryl methyl sites for hydroxylation is 2. The van der Waals surface area contributed by atoms with Gasteiger partial charge in [-0.25, -0.2) is 0 Å². The molecule has 2 aliphatic heterocycles. The van der Waals surface area contributed by atoms with Gasteiger partial charge in [-0.2, -0.15) is 5.26 Å². The highest BCUT2D eigenvalue weighted by Gasteiger charge is 2.21. The minimum absolute atomic E-state index is 0.0441. The molecule has 0 aliphatic carbocycles. The van der Waals surface area contributed by atoms with Crippen LogP contribution in [0.3, 0.4) is 0 Å². The Kier molecular flexibility index (Phi) is 6.99. The third kappa shape index (κ3) is 4.55. The molecule has 1 aromatic heterocycles. The Bertz CT molecular complexity index is 1300. The van der Waals surface area contributed by atoms with Crippen LogP contribution in [0.1, 0.15) is 34.2 Å². The van der Waals surface area contributed by atoms with Crippen LogP contribution in [0.4, 0.5) is 11.4 Å². The fourth-order valence-corrected chi connectivity index (χ4v) is 5.24. The molecular weight excluding hydrogens is 426 g/mol. The molecule has 0 unspecified atom stereocenters. The number of pyridine rings is 1. The Morgan fingerprint density at radius 3 is 2.53 bits per heavy atom. The second-order valence-corrected chi connectivity index (χ2v) is 9.05. The zero-order valence-electron chi connectivity index (χ0n) is 19.9. The quantitative estimate of drug-likeness (QED) is 0.625. The summed E-state index contributed by atoms with van der Waals surface area (Å²) in [6, 6.07) is 12.6. The summed E-state index contributed by atoms with van der Waals surface area (Å²) < 4.78 is 0. The van der Waals surface area contributed by atoms with Crippen LogP contribution in [-0.4, -0.2) is 49.4 Å². The summed E-state index contributed by atoms with van der Waals surface area (Å²) in [4.78, 5) is 28.6. The van der Waals surface area contributed by atoms with E-state index in [1.165, 1.54) is 16.8 Å². The molecule has 0 amide bonds. The molecule has 2 aliphatic rings. The molecule has 0 spiro atoms. The second kappa shape index (κ2) is 10.1.